The molecule has 0 saturated carbocycles. The number of nitrogens with zero attached hydrogens (tertiary/aromatic N) is 1. The van der Waals surface area contributed by atoms with E-state index in [9.17, 15) is 4.79 Å². The lowest BCUT2D eigenvalue weighted by Crippen LogP contribution is -1.79. The number of hydrogen-bond donors (Lipinski definition) is 0. The first kappa shape index (κ1) is 9.21. The molecule has 0 saturated heterocycles. The maximum Gasteiger partial charge on any atom is 0.150 e. The highest BCUT2D eigenvalue weighted by Crippen LogP contribution is 2.07. The van der Waals surface area contributed by atoms with Crippen LogP contribution in [0, 0.1) is 11.3 Å². The van der Waals surface area contributed by atoms with E-state index in [0.717, 1.165) is 11.8 Å². The molecule has 0 heterocycles. The molecule has 0 aliphatic rings. The van der Waals surface area contributed by atoms with Gasteiger partial charge in [-0.3, -0.25) is 4.79 Å². The maximum atomic E-state index is 10.3. The van der Waals surface area contributed by atoms with E-state index in [2.05, 4.69) is 0 Å². The molecule has 0 aliphatic heterocycles. The Hall–Kier alpha value is -1.88. The smallest absolute Gasteiger partial charge is 0.150 e. The average molecular weight is 171 g/mol. The van der Waals surface area contributed by atoms with Crippen molar-refractivity contribution in [1.29, 1.82) is 5.26 Å². The van der Waals surface area contributed by atoms with Crippen LogP contribution in [0.4, 0.5) is 0 Å². The van der Waals surface area contributed by atoms with E-state index in [4.69, 9.17) is 5.26 Å². The highest BCUT2D eigenvalue weighted by molar-refractivity contribution is 5.75. The summed E-state index contributed by atoms with van der Waals surface area (Å²) < 4.78 is 0. The van der Waals surface area contributed by atoms with Gasteiger partial charge in [-0.25, -0.2) is 0 Å². The van der Waals surface area contributed by atoms with Crippen molar-refractivity contribution in [2.75, 3.05) is 0 Å². The van der Waals surface area contributed by atoms with Crippen LogP contribution in [0.3, 0.4) is 0 Å². The van der Waals surface area contributed by atoms with Gasteiger partial charge in [0.2, 0.25) is 0 Å². The fraction of sp³-hybridized carbons (Fsp3) is 0.0909. The Morgan fingerprint density at radius 3 is 2.31 bits per heavy atom. The summed E-state index contributed by atoms with van der Waals surface area (Å²) in [6.45, 7) is 1.74. The van der Waals surface area contributed by atoms with E-state index in [1.165, 1.54) is 0 Å². The fourth-order valence-electron chi connectivity index (χ4n) is 0.953. The third-order valence-corrected chi connectivity index (χ3v) is 1.63. The van der Waals surface area contributed by atoms with Crippen molar-refractivity contribution in [1.82, 2.24) is 0 Å². The molecule has 0 fully saturated rings. The third kappa shape index (κ3) is 2.57. The van der Waals surface area contributed by atoms with Gasteiger partial charge < -0.3 is 0 Å². The summed E-state index contributed by atoms with van der Waals surface area (Å²) in [5.41, 5.74) is 2.23. The zero-order chi connectivity index (χ0) is 9.68. The van der Waals surface area contributed by atoms with Gasteiger partial charge in [0.15, 0.2) is 0 Å². The van der Waals surface area contributed by atoms with E-state index < -0.39 is 0 Å². The molecule has 0 unspecified atom stereocenters. The summed E-state index contributed by atoms with van der Waals surface area (Å²) >= 11 is 0. The van der Waals surface area contributed by atoms with Crippen LogP contribution in [0.1, 0.15) is 22.8 Å². The number of carbonyl (C=O) groups excluding carboxylic acids is 1. The Morgan fingerprint density at radius 1 is 1.31 bits per heavy atom. The minimum atomic E-state index is 0.645. The van der Waals surface area contributed by atoms with Crippen LogP contribution < -0.4 is 0 Å². The van der Waals surface area contributed by atoms with Crippen molar-refractivity contribution in [3.8, 4) is 6.07 Å². The van der Waals surface area contributed by atoms with Gasteiger partial charge in [-0.05, 0) is 18.6 Å². The topological polar surface area (TPSA) is 40.9 Å². The summed E-state index contributed by atoms with van der Waals surface area (Å²) in [6.07, 6.45) is 2.57. The summed E-state index contributed by atoms with van der Waals surface area (Å²) in [7, 11) is 0. The zero-order valence-corrected chi connectivity index (χ0v) is 7.32. The molecule has 64 valence electrons. The van der Waals surface area contributed by atoms with Gasteiger partial charge in [0.05, 0.1) is 6.07 Å². The fourth-order valence-corrected chi connectivity index (χ4v) is 0.953. The highest BCUT2D eigenvalue weighted by Gasteiger charge is 1.91. The van der Waals surface area contributed by atoms with E-state index in [0.29, 0.717) is 11.1 Å². The van der Waals surface area contributed by atoms with Gasteiger partial charge in [-0.15, -0.1) is 0 Å². The second-order valence-electron chi connectivity index (χ2n) is 2.72. The summed E-state index contributed by atoms with van der Waals surface area (Å²) in [5, 5.41) is 8.52. The van der Waals surface area contributed by atoms with Gasteiger partial charge >= 0.3 is 0 Å². The standard InChI is InChI=1S/C11H9NO/c1-9(7-12)6-10-2-4-11(8-13)5-3-10/h2-6,8H,1H3/b9-6+. The molecule has 2 nitrogen and oxygen atoms in total. The molecule has 0 N–H and O–H groups in total. The first-order valence-corrected chi connectivity index (χ1v) is 3.90. The molecule has 2 heteroatoms. The number of benzene rings is 1. The van der Waals surface area contributed by atoms with Crippen molar-refractivity contribution in [2.45, 2.75) is 6.92 Å². The average Bonchev–Trinajstić information content (AvgIpc) is 2.19. The van der Waals surface area contributed by atoms with Gasteiger partial charge in [0.25, 0.3) is 0 Å². The molecule has 0 amide bonds. The van der Waals surface area contributed by atoms with Crippen molar-refractivity contribution in [2.24, 2.45) is 0 Å². The van der Waals surface area contributed by atoms with Crippen LogP contribution in [0.15, 0.2) is 29.8 Å². The molecule has 0 bridgehead atoms. The number of carbonyl (C=O) groups is 1. The molecule has 0 spiro atoms. The van der Waals surface area contributed by atoms with Crippen molar-refractivity contribution < 1.29 is 4.79 Å². The summed E-state index contributed by atoms with van der Waals surface area (Å²) in [6, 6.07) is 9.11. The summed E-state index contributed by atoms with van der Waals surface area (Å²) in [4.78, 5) is 10.3. The molecule has 0 radical (unpaired) electrons. The lowest BCUT2D eigenvalue weighted by atomic mass is 10.1. The molecule has 0 aliphatic carbocycles. The lowest BCUT2D eigenvalue weighted by Gasteiger charge is -1.93. The van der Waals surface area contributed by atoms with Crippen molar-refractivity contribution in [3.05, 3.63) is 41.0 Å². The van der Waals surface area contributed by atoms with Gasteiger partial charge in [0.1, 0.15) is 6.29 Å². The number of rotatable bonds is 2. The van der Waals surface area contributed by atoms with Gasteiger partial charge in [-0.2, -0.15) is 5.26 Å². The first-order chi connectivity index (χ1) is 6.26. The zero-order valence-electron chi connectivity index (χ0n) is 7.32. The van der Waals surface area contributed by atoms with Crippen LogP contribution in [-0.2, 0) is 0 Å². The first-order valence-electron chi connectivity index (χ1n) is 3.90. The molecule has 1 aromatic carbocycles. The minimum absolute atomic E-state index is 0.645. The Bertz CT molecular complexity index is 368. The SMILES string of the molecule is C/C(C#N)=C\c1ccc(C=O)cc1. The molecular formula is C11H9NO. The van der Waals surface area contributed by atoms with Crippen LogP contribution in [0.2, 0.25) is 0 Å². The second kappa shape index (κ2) is 4.22. The summed E-state index contributed by atoms with van der Waals surface area (Å²) in [5.74, 6) is 0. The normalized spacial score (nSPS) is 10.6. The number of aldehydes is 1. The Morgan fingerprint density at radius 2 is 1.85 bits per heavy atom. The molecule has 1 rings (SSSR count). The second-order valence-corrected chi connectivity index (χ2v) is 2.72. The minimum Gasteiger partial charge on any atom is -0.298 e. The largest absolute Gasteiger partial charge is 0.298 e. The Labute approximate surface area is 77.1 Å². The van der Waals surface area contributed by atoms with Crippen LogP contribution in [0.5, 0.6) is 0 Å². The van der Waals surface area contributed by atoms with E-state index in [1.807, 2.05) is 18.2 Å². The lowest BCUT2D eigenvalue weighted by molar-refractivity contribution is 0.112. The van der Waals surface area contributed by atoms with Crippen LogP contribution in [0.25, 0.3) is 6.08 Å². The molecular weight excluding hydrogens is 162 g/mol. The molecule has 0 aromatic heterocycles. The predicted molar refractivity (Wildman–Crippen MR) is 51.1 cm³/mol. The highest BCUT2D eigenvalue weighted by atomic mass is 16.1. The number of nitriles is 1. The molecule has 13 heavy (non-hydrogen) atoms. The quantitative estimate of drug-likeness (QED) is 0.506. The van der Waals surface area contributed by atoms with E-state index >= 15 is 0 Å². The van der Waals surface area contributed by atoms with Gasteiger partial charge in [0, 0.05) is 11.1 Å². The number of allylic oxidation sites excluding steroid dienone is 1. The number of hydrogen-bond acceptors (Lipinski definition) is 2. The van der Waals surface area contributed by atoms with E-state index in [-0.39, 0.29) is 0 Å². The van der Waals surface area contributed by atoms with Crippen LogP contribution in [-0.4, -0.2) is 6.29 Å². The third-order valence-electron chi connectivity index (χ3n) is 1.63. The Balaban J connectivity index is 2.94. The van der Waals surface area contributed by atoms with E-state index in [1.54, 1.807) is 25.1 Å². The Kier molecular flexibility index (Phi) is 2.99. The van der Waals surface area contributed by atoms with Crippen molar-refractivity contribution in [3.63, 3.8) is 0 Å². The molecule has 1 aromatic rings. The van der Waals surface area contributed by atoms with Gasteiger partial charge in [-0.1, -0.05) is 24.3 Å². The van der Waals surface area contributed by atoms with Crippen LogP contribution >= 0.6 is 0 Å². The maximum absolute atomic E-state index is 10.3. The van der Waals surface area contributed by atoms with Crippen molar-refractivity contribution >= 4 is 12.4 Å². The predicted octanol–water partition coefficient (Wildman–Crippen LogP) is 2.43. The monoisotopic (exact) mass is 171 g/mol. The molecule has 0 atom stereocenters.